The van der Waals surface area contributed by atoms with Crippen molar-refractivity contribution in [2.24, 2.45) is 5.73 Å². The van der Waals surface area contributed by atoms with E-state index in [0.29, 0.717) is 5.82 Å². The monoisotopic (exact) mass is 274 g/mol. The van der Waals surface area contributed by atoms with Crippen LogP contribution in [0.25, 0.3) is 11.3 Å². The summed E-state index contributed by atoms with van der Waals surface area (Å²) in [6.45, 7) is 3.99. The van der Waals surface area contributed by atoms with E-state index in [1.165, 1.54) is 12.1 Å². The third kappa shape index (κ3) is 2.85. The van der Waals surface area contributed by atoms with Crippen LogP contribution in [0.15, 0.2) is 30.5 Å². The molecule has 0 spiro atoms. The van der Waals surface area contributed by atoms with Crippen LogP contribution in [0.4, 0.5) is 5.69 Å². The van der Waals surface area contributed by atoms with Crippen LogP contribution < -0.4 is 5.73 Å². The molecule has 0 fully saturated rings. The number of benzene rings is 1. The van der Waals surface area contributed by atoms with Crippen LogP contribution in [0, 0.1) is 10.1 Å². The first-order chi connectivity index (χ1) is 9.44. The molecule has 0 amide bonds. The van der Waals surface area contributed by atoms with Gasteiger partial charge in [0, 0.05) is 17.7 Å². The maximum atomic E-state index is 10.8. The summed E-state index contributed by atoms with van der Waals surface area (Å²) in [5.41, 5.74) is 7.21. The van der Waals surface area contributed by atoms with E-state index in [4.69, 9.17) is 5.73 Å². The van der Waals surface area contributed by atoms with Gasteiger partial charge >= 0.3 is 0 Å². The number of nitro benzene ring substituents is 1. The van der Waals surface area contributed by atoms with Gasteiger partial charge in [-0.1, -0.05) is 25.5 Å². The molecule has 0 saturated heterocycles. The molecule has 1 aromatic carbocycles. The zero-order valence-corrected chi connectivity index (χ0v) is 11.6. The van der Waals surface area contributed by atoms with Gasteiger partial charge in [-0.05, 0) is 13.3 Å². The van der Waals surface area contributed by atoms with Crippen LogP contribution >= 0.6 is 0 Å². The lowest BCUT2D eigenvalue weighted by molar-refractivity contribution is -0.384. The van der Waals surface area contributed by atoms with E-state index < -0.39 is 10.5 Å². The highest BCUT2D eigenvalue weighted by atomic mass is 16.6. The van der Waals surface area contributed by atoms with Crippen LogP contribution in [0.1, 0.15) is 32.5 Å². The van der Waals surface area contributed by atoms with Gasteiger partial charge in [-0.2, -0.15) is 0 Å². The largest absolute Gasteiger partial charge is 0.340 e. The van der Waals surface area contributed by atoms with Crippen LogP contribution in [0.2, 0.25) is 0 Å². The maximum Gasteiger partial charge on any atom is 0.270 e. The van der Waals surface area contributed by atoms with E-state index in [9.17, 15) is 10.1 Å². The minimum absolute atomic E-state index is 0.0581. The highest BCUT2D eigenvalue weighted by molar-refractivity contribution is 5.62. The molecule has 6 nitrogen and oxygen atoms in total. The third-order valence-corrected chi connectivity index (χ3v) is 3.25. The lowest BCUT2D eigenvalue weighted by Crippen LogP contribution is -2.34. The summed E-state index contributed by atoms with van der Waals surface area (Å²) >= 11 is 0. The lowest BCUT2D eigenvalue weighted by Gasteiger charge is -2.21. The summed E-state index contributed by atoms with van der Waals surface area (Å²) in [7, 11) is 0. The normalized spacial score (nSPS) is 13.9. The Kier molecular flexibility index (Phi) is 3.85. The van der Waals surface area contributed by atoms with Crippen molar-refractivity contribution in [3.8, 4) is 11.3 Å². The molecule has 2 aromatic rings. The molecule has 0 aliphatic heterocycles. The maximum absolute atomic E-state index is 10.8. The number of aromatic nitrogens is 2. The topological polar surface area (TPSA) is 97.8 Å². The quantitative estimate of drug-likeness (QED) is 0.646. The summed E-state index contributed by atoms with van der Waals surface area (Å²) in [5.74, 6) is 0.695. The Morgan fingerprint density at radius 3 is 2.90 bits per heavy atom. The second kappa shape index (κ2) is 5.42. The first kappa shape index (κ1) is 14.2. The number of aromatic amines is 1. The van der Waals surface area contributed by atoms with Crippen LogP contribution in [0.5, 0.6) is 0 Å². The second-order valence-corrected chi connectivity index (χ2v) is 5.12. The number of H-pyrrole nitrogens is 1. The van der Waals surface area contributed by atoms with Crippen molar-refractivity contribution in [3.63, 3.8) is 0 Å². The minimum atomic E-state index is -0.520. The van der Waals surface area contributed by atoms with Gasteiger partial charge in [-0.25, -0.2) is 4.98 Å². The second-order valence-electron chi connectivity index (χ2n) is 5.12. The molecule has 0 saturated carbocycles. The zero-order chi connectivity index (χ0) is 14.8. The highest BCUT2D eigenvalue weighted by Crippen LogP contribution is 2.26. The van der Waals surface area contributed by atoms with E-state index in [1.54, 1.807) is 18.3 Å². The van der Waals surface area contributed by atoms with Gasteiger partial charge < -0.3 is 10.7 Å². The smallest absolute Gasteiger partial charge is 0.270 e. The molecule has 3 N–H and O–H groups in total. The van der Waals surface area contributed by atoms with E-state index in [0.717, 1.165) is 24.1 Å². The number of hydrogen-bond donors (Lipinski definition) is 2. The number of rotatable bonds is 5. The predicted molar refractivity (Wildman–Crippen MR) is 77.1 cm³/mol. The van der Waals surface area contributed by atoms with E-state index in [2.05, 4.69) is 16.9 Å². The molecular formula is C14H18N4O2. The minimum Gasteiger partial charge on any atom is -0.340 e. The third-order valence-electron chi connectivity index (χ3n) is 3.25. The summed E-state index contributed by atoms with van der Waals surface area (Å²) in [5, 5.41) is 10.8. The van der Waals surface area contributed by atoms with Crippen molar-refractivity contribution >= 4 is 5.69 Å². The van der Waals surface area contributed by atoms with Crippen LogP contribution in [0.3, 0.4) is 0 Å². The standard InChI is InChI=1S/C14H18N4O2/c1-3-7-14(2,15)13-16-9-12(17-13)10-5-4-6-11(8-10)18(19)20/h4-6,8-9H,3,7,15H2,1-2H3,(H,16,17). The molecule has 0 aliphatic carbocycles. The number of nitrogens with zero attached hydrogens (tertiary/aromatic N) is 2. The van der Waals surface area contributed by atoms with Crippen molar-refractivity contribution in [1.29, 1.82) is 0 Å². The first-order valence-corrected chi connectivity index (χ1v) is 6.53. The Bertz CT molecular complexity index is 619. The Hall–Kier alpha value is -2.21. The first-order valence-electron chi connectivity index (χ1n) is 6.53. The van der Waals surface area contributed by atoms with Crippen LogP contribution in [-0.2, 0) is 5.54 Å². The average molecular weight is 274 g/mol. The molecule has 1 atom stereocenters. The Balaban J connectivity index is 2.33. The Morgan fingerprint density at radius 2 is 2.25 bits per heavy atom. The lowest BCUT2D eigenvalue weighted by atomic mass is 9.97. The average Bonchev–Trinajstić information content (AvgIpc) is 2.89. The van der Waals surface area contributed by atoms with Gasteiger partial charge in [0.2, 0.25) is 0 Å². The van der Waals surface area contributed by atoms with Crippen molar-refractivity contribution in [1.82, 2.24) is 9.97 Å². The molecule has 0 aliphatic rings. The Labute approximate surface area is 117 Å². The number of nitrogens with one attached hydrogen (secondary N) is 1. The van der Waals surface area contributed by atoms with Crippen molar-refractivity contribution in [3.05, 3.63) is 46.4 Å². The number of imidazole rings is 1. The molecule has 0 radical (unpaired) electrons. The van der Waals surface area contributed by atoms with Gasteiger partial charge in [0.25, 0.3) is 5.69 Å². The van der Waals surface area contributed by atoms with Gasteiger partial charge in [-0.15, -0.1) is 0 Å². The molecule has 20 heavy (non-hydrogen) atoms. The van der Waals surface area contributed by atoms with Crippen molar-refractivity contribution in [2.75, 3.05) is 0 Å². The summed E-state index contributed by atoms with van der Waals surface area (Å²) < 4.78 is 0. The molecule has 1 aromatic heterocycles. The number of nitrogens with two attached hydrogens (primary N) is 1. The predicted octanol–water partition coefficient (Wildman–Crippen LogP) is 2.96. The van der Waals surface area contributed by atoms with Crippen molar-refractivity contribution < 1.29 is 4.92 Å². The number of non-ortho nitro benzene ring substituents is 1. The van der Waals surface area contributed by atoms with E-state index >= 15 is 0 Å². The van der Waals surface area contributed by atoms with E-state index in [-0.39, 0.29) is 5.69 Å². The van der Waals surface area contributed by atoms with Crippen LogP contribution in [-0.4, -0.2) is 14.9 Å². The summed E-state index contributed by atoms with van der Waals surface area (Å²) in [4.78, 5) is 17.9. The van der Waals surface area contributed by atoms with E-state index in [1.807, 2.05) is 6.92 Å². The fourth-order valence-electron chi connectivity index (χ4n) is 2.18. The van der Waals surface area contributed by atoms with Gasteiger partial charge in [0.1, 0.15) is 5.82 Å². The molecule has 2 rings (SSSR count). The molecule has 1 heterocycles. The van der Waals surface area contributed by atoms with Gasteiger partial charge in [-0.3, -0.25) is 10.1 Å². The fourth-order valence-corrected chi connectivity index (χ4v) is 2.18. The fraction of sp³-hybridized carbons (Fsp3) is 0.357. The zero-order valence-electron chi connectivity index (χ0n) is 11.6. The highest BCUT2D eigenvalue weighted by Gasteiger charge is 2.23. The SMILES string of the molecule is CCCC(C)(N)c1ncc(-c2cccc([N+](=O)[O-])c2)[nH]1. The summed E-state index contributed by atoms with van der Waals surface area (Å²) in [6, 6.07) is 6.44. The number of hydrogen-bond acceptors (Lipinski definition) is 4. The molecule has 6 heteroatoms. The van der Waals surface area contributed by atoms with Gasteiger partial charge in [0.05, 0.1) is 22.4 Å². The molecular weight excluding hydrogens is 256 g/mol. The molecule has 106 valence electrons. The Morgan fingerprint density at radius 1 is 1.50 bits per heavy atom. The summed E-state index contributed by atoms with van der Waals surface area (Å²) in [6.07, 6.45) is 3.43. The molecule has 0 bridgehead atoms. The van der Waals surface area contributed by atoms with Crippen molar-refractivity contribution in [2.45, 2.75) is 32.2 Å². The number of nitro groups is 1. The molecule has 1 unspecified atom stereocenters. The van der Waals surface area contributed by atoms with Gasteiger partial charge in [0.15, 0.2) is 0 Å².